The monoisotopic (exact) mass is 423 g/mol. The van der Waals surface area contributed by atoms with E-state index < -0.39 is 12.1 Å². The molecule has 0 aliphatic carbocycles. The smallest absolute Gasteiger partial charge is 0.260 e. The number of rotatable bonds is 8. The van der Waals surface area contributed by atoms with Gasteiger partial charge in [-0.15, -0.1) is 0 Å². The van der Waals surface area contributed by atoms with Crippen LogP contribution in [0.4, 0.5) is 0 Å². The Hall–Kier alpha value is -3.35. The third-order valence-corrected chi connectivity index (χ3v) is 5.39. The van der Waals surface area contributed by atoms with Gasteiger partial charge in [0.05, 0.1) is 0 Å². The van der Waals surface area contributed by atoms with Crippen molar-refractivity contribution in [3.05, 3.63) is 66.2 Å². The first kappa shape index (κ1) is 22.3. The maximum Gasteiger partial charge on any atom is 0.260 e. The zero-order valence-electron chi connectivity index (χ0n) is 17.8. The Morgan fingerprint density at radius 3 is 2.48 bits per heavy atom. The third kappa shape index (κ3) is 6.57. The molecule has 7 heteroatoms. The summed E-state index contributed by atoms with van der Waals surface area (Å²) in [4.78, 5) is 39.6. The Morgan fingerprint density at radius 2 is 1.77 bits per heavy atom. The molecule has 1 aliphatic heterocycles. The molecule has 1 saturated heterocycles. The topological polar surface area (TPSA) is 87.7 Å². The van der Waals surface area contributed by atoms with E-state index in [1.54, 1.807) is 19.2 Å². The van der Waals surface area contributed by atoms with Gasteiger partial charge in [0.2, 0.25) is 11.8 Å². The van der Waals surface area contributed by atoms with Gasteiger partial charge in [0.15, 0.2) is 6.61 Å². The Labute approximate surface area is 182 Å². The van der Waals surface area contributed by atoms with E-state index >= 15 is 0 Å². The molecule has 7 nitrogen and oxygen atoms in total. The van der Waals surface area contributed by atoms with E-state index in [-0.39, 0.29) is 24.3 Å². The molecule has 3 amide bonds. The van der Waals surface area contributed by atoms with Crippen molar-refractivity contribution in [3.63, 3.8) is 0 Å². The maximum atomic E-state index is 13.2. The van der Waals surface area contributed by atoms with Gasteiger partial charge in [-0.1, -0.05) is 48.5 Å². The summed E-state index contributed by atoms with van der Waals surface area (Å²) in [7, 11) is 1.59. The fourth-order valence-electron chi connectivity index (χ4n) is 3.53. The molecule has 164 valence electrons. The average molecular weight is 424 g/mol. The minimum Gasteiger partial charge on any atom is -0.484 e. The van der Waals surface area contributed by atoms with E-state index in [2.05, 4.69) is 10.6 Å². The minimum absolute atomic E-state index is 0.175. The van der Waals surface area contributed by atoms with Gasteiger partial charge < -0.3 is 20.3 Å². The van der Waals surface area contributed by atoms with Gasteiger partial charge in [-0.25, -0.2) is 0 Å². The highest BCUT2D eigenvalue weighted by atomic mass is 16.5. The standard InChI is InChI=1S/C24H29N3O4/c1-27(22(28)17-31-19-12-6-3-7-13-19)21(16-18-10-4-2-5-11-18)24(30)26-20-14-8-9-15-25-23(20)29/h2-7,10-13,20-21H,8-9,14-17H2,1H3,(H,25,29)(H,26,30)/t20-,21+/m1/s1. The van der Waals surface area contributed by atoms with Crippen LogP contribution in [0.2, 0.25) is 0 Å². The molecule has 2 N–H and O–H groups in total. The van der Waals surface area contributed by atoms with E-state index in [4.69, 9.17) is 4.74 Å². The molecule has 2 aromatic rings. The van der Waals surface area contributed by atoms with Crippen LogP contribution in [-0.2, 0) is 20.8 Å². The number of para-hydroxylation sites is 1. The van der Waals surface area contributed by atoms with Gasteiger partial charge in [0.25, 0.3) is 5.91 Å². The Balaban J connectivity index is 1.70. The molecule has 3 rings (SSSR count). The zero-order chi connectivity index (χ0) is 22.1. The van der Waals surface area contributed by atoms with Crippen LogP contribution in [0.3, 0.4) is 0 Å². The number of nitrogens with one attached hydrogen (secondary N) is 2. The molecule has 0 bridgehead atoms. The van der Waals surface area contributed by atoms with Crippen LogP contribution in [0.15, 0.2) is 60.7 Å². The number of likely N-dealkylation sites (N-methyl/N-ethyl adjacent to an activating group) is 1. The summed E-state index contributed by atoms with van der Waals surface area (Å²) >= 11 is 0. The lowest BCUT2D eigenvalue weighted by atomic mass is 10.0. The molecule has 2 aromatic carbocycles. The van der Waals surface area contributed by atoms with E-state index in [1.807, 2.05) is 48.5 Å². The summed E-state index contributed by atoms with van der Waals surface area (Å²) in [5.41, 5.74) is 0.927. The third-order valence-electron chi connectivity index (χ3n) is 5.39. The van der Waals surface area contributed by atoms with E-state index in [1.165, 1.54) is 4.90 Å². The quantitative estimate of drug-likeness (QED) is 0.679. The van der Waals surface area contributed by atoms with Crippen molar-refractivity contribution in [2.75, 3.05) is 20.2 Å². The number of ether oxygens (including phenoxy) is 1. The van der Waals surface area contributed by atoms with Gasteiger partial charge in [-0.2, -0.15) is 0 Å². The van der Waals surface area contributed by atoms with Gasteiger partial charge in [0, 0.05) is 20.0 Å². The van der Waals surface area contributed by atoms with Crippen LogP contribution in [0, 0.1) is 0 Å². The second kappa shape index (κ2) is 11.2. The fraction of sp³-hybridized carbons (Fsp3) is 0.375. The zero-order valence-corrected chi connectivity index (χ0v) is 17.8. The summed E-state index contributed by atoms with van der Waals surface area (Å²) in [6, 6.07) is 17.2. The van der Waals surface area contributed by atoms with Crippen LogP contribution in [0.1, 0.15) is 24.8 Å². The Morgan fingerprint density at radius 1 is 1.10 bits per heavy atom. The molecule has 1 fully saturated rings. The van der Waals surface area contributed by atoms with Crippen molar-refractivity contribution < 1.29 is 19.1 Å². The highest BCUT2D eigenvalue weighted by molar-refractivity contribution is 5.92. The molecule has 0 saturated carbocycles. The molecule has 1 aliphatic rings. The van der Waals surface area contributed by atoms with Crippen LogP contribution < -0.4 is 15.4 Å². The second-order valence-electron chi connectivity index (χ2n) is 7.66. The van der Waals surface area contributed by atoms with Crippen molar-refractivity contribution in [3.8, 4) is 5.75 Å². The van der Waals surface area contributed by atoms with Crippen LogP contribution >= 0.6 is 0 Å². The lowest BCUT2D eigenvalue weighted by molar-refractivity contribution is -0.141. The van der Waals surface area contributed by atoms with Crippen LogP contribution in [-0.4, -0.2) is 54.9 Å². The molecule has 31 heavy (non-hydrogen) atoms. The molecule has 1 heterocycles. The van der Waals surface area contributed by atoms with Crippen molar-refractivity contribution in [1.29, 1.82) is 0 Å². The maximum absolute atomic E-state index is 13.2. The van der Waals surface area contributed by atoms with E-state index in [0.717, 1.165) is 18.4 Å². The molecular formula is C24H29N3O4. The first-order chi connectivity index (χ1) is 15.0. The highest BCUT2D eigenvalue weighted by Gasteiger charge is 2.31. The molecule has 0 aromatic heterocycles. The van der Waals surface area contributed by atoms with Crippen molar-refractivity contribution in [2.45, 2.75) is 37.8 Å². The average Bonchev–Trinajstić information content (AvgIpc) is 3.00. The lowest BCUT2D eigenvalue weighted by Gasteiger charge is -2.29. The van der Waals surface area contributed by atoms with Gasteiger partial charge in [-0.3, -0.25) is 14.4 Å². The summed E-state index contributed by atoms with van der Waals surface area (Å²) in [5.74, 6) is -0.249. The normalized spacial score (nSPS) is 17.1. The van der Waals surface area contributed by atoms with E-state index in [0.29, 0.717) is 25.1 Å². The number of carbonyl (C=O) groups excluding carboxylic acids is 3. The van der Waals surface area contributed by atoms with Crippen LogP contribution in [0.25, 0.3) is 0 Å². The number of hydrogen-bond donors (Lipinski definition) is 2. The second-order valence-corrected chi connectivity index (χ2v) is 7.66. The summed E-state index contributed by atoms with van der Waals surface area (Å²) in [6.45, 7) is 0.441. The Bertz CT molecular complexity index is 873. The van der Waals surface area contributed by atoms with E-state index in [9.17, 15) is 14.4 Å². The first-order valence-corrected chi connectivity index (χ1v) is 10.6. The van der Waals surface area contributed by atoms with Crippen molar-refractivity contribution in [2.24, 2.45) is 0 Å². The number of amides is 3. The predicted molar refractivity (Wildman–Crippen MR) is 117 cm³/mol. The fourth-order valence-corrected chi connectivity index (χ4v) is 3.53. The van der Waals surface area contributed by atoms with Crippen molar-refractivity contribution >= 4 is 17.7 Å². The number of hydrogen-bond acceptors (Lipinski definition) is 4. The highest BCUT2D eigenvalue weighted by Crippen LogP contribution is 2.13. The SMILES string of the molecule is CN(C(=O)COc1ccccc1)[C@@H](Cc1ccccc1)C(=O)N[C@@H]1CCCCNC1=O. The number of benzene rings is 2. The molecule has 0 spiro atoms. The van der Waals surface area contributed by atoms with Gasteiger partial charge >= 0.3 is 0 Å². The predicted octanol–water partition coefficient (Wildman–Crippen LogP) is 1.92. The largest absolute Gasteiger partial charge is 0.484 e. The Kier molecular flexibility index (Phi) is 8.04. The number of nitrogens with zero attached hydrogens (tertiary/aromatic N) is 1. The molecular weight excluding hydrogens is 394 g/mol. The lowest BCUT2D eigenvalue weighted by Crippen LogP contribution is -2.55. The number of carbonyl (C=O) groups is 3. The van der Waals surface area contributed by atoms with Crippen molar-refractivity contribution in [1.82, 2.24) is 15.5 Å². The summed E-state index contributed by atoms with van der Waals surface area (Å²) in [6.07, 6.45) is 2.67. The summed E-state index contributed by atoms with van der Waals surface area (Å²) < 4.78 is 5.57. The van der Waals surface area contributed by atoms with Gasteiger partial charge in [0.1, 0.15) is 17.8 Å². The first-order valence-electron chi connectivity index (χ1n) is 10.6. The minimum atomic E-state index is -0.759. The molecule has 2 atom stereocenters. The summed E-state index contributed by atoms with van der Waals surface area (Å²) in [5, 5.41) is 5.68. The van der Waals surface area contributed by atoms with Gasteiger partial charge in [-0.05, 0) is 37.0 Å². The molecule has 0 unspecified atom stereocenters. The van der Waals surface area contributed by atoms with Crippen LogP contribution in [0.5, 0.6) is 5.75 Å². The molecule has 0 radical (unpaired) electrons.